The van der Waals surface area contributed by atoms with Crippen molar-refractivity contribution in [2.75, 3.05) is 6.61 Å². The zero-order valence-corrected chi connectivity index (χ0v) is 17.1. The van der Waals surface area contributed by atoms with Gasteiger partial charge < -0.3 is 14.0 Å². The van der Waals surface area contributed by atoms with E-state index in [0.717, 1.165) is 18.3 Å². The predicted molar refractivity (Wildman–Crippen MR) is 103 cm³/mol. The Labute approximate surface area is 154 Å². The number of rotatable bonds is 9. The van der Waals surface area contributed by atoms with Gasteiger partial charge in [0.15, 0.2) is 0 Å². The second-order valence-electron chi connectivity index (χ2n) is 7.63. The maximum Gasteiger partial charge on any atom is 0.490 e. The highest BCUT2D eigenvalue weighted by Gasteiger charge is 2.52. The minimum Gasteiger partial charge on any atom is -0.466 e. The zero-order chi connectivity index (χ0) is 19.1. The third-order valence-electron chi connectivity index (χ3n) is 5.05. The quantitative estimate of drug-likeness (QED) is 0.253. The molecule has 1 heterocycles. The van der Waals surface area contributed by atoms with Gasteiger partial charge in [0.2, 0.25) is 0 Å². The van der Waals surface area contributed by atoms with Crippen molar-refractivity contribution in [3.63, 3.8) is 0 Å². The number of allylic oxidation sites excluding steroid dienone is 3. The predicted octanol–water partition coefficient (Wildman–Crippen LogP) is 5.02. The van der Waals surface area contributed by atoms with E-state index in [9.17, 15) is 4.79 Å². The number of esters is 1. The molecule has 0 aromatic heterocycles. The highest BCUT2D eigenvalue weighted by Crippen LogP contribution is 2.40. The summed E-state index contributed by atoms with van der Waals surface area (Å²) in [5, 5.41) is 0. The van der Waals surface area contributed by atoms with Gasteiger partial charge in [0, 0.05) is 13.3 Å². The van der Waals surface area contributed by atoms with Crippen LogP contribution in [-0.4, -0.2) is 30.9 Å². The molecular weight excluding hydrogens is 315 g/mol. The molecular formula is C20H35BO4. The van der Waals surface area contributed by atoms with Crippen molar-refractivity contribution in [1.29, 1.82) is 0 Å². The Morgan fingerprint density at radius 2 is 1.72 bits per heavy atom. The Bertz CT molecular complexity index is 490. The fourth-order valence-corrected chi connectivity index (χ4v) is 2.72. The monoisotopic (exact) mass is 350 g/mol. The molecule has 25 heavy (non-hydrogen) atoms. The molecule has 0 saturated carbocycles. The van der Waals surface area contributed by atoms with E-state index in [-0.39, 0.29) is 17.2 Å². The fraction of sp³-hybridized carbons (Fsp3) is 0.750. The van der Waals surface area contributed by atoms with Gasteiger partial charge in [-0.3, -0.25) is 4.79 Å². The van der Waals surface area contributed by atoms with Crippen LogP contribution in [0.2, 0.25) is 0 Å². The van der Waals surface area contributed by atoms with Crippen LogP contribution in [0.1, 0.15) is 80.6 Å². The summed E-state index contributed by atoms with van der Waals surface area (Å²) in [5.74, 6) is -0.259. The first-order chi connectivity index (χ1) is 11.6. The summed E-state index contributed by atoms with van der Waals surface area (Å²) in [6.45, 7) is 14.3. The van der Waals surface area contributed by atoms with Crippen LogP contribution < -0.4 is 0 Å². The molecule has 1 rings (SSSR count). The SMILES string of the molecule is CCCC/C=C/C(CC)=C(/CCOC(C)=O)B1OC(C)(C)C(C)(C)O1. The summed E-state index contributed by atoms with van der Waals surface area (Å²) in [4.78, 5) is 11.1. The van der Waals surface area contributed by atoms with Gasteiger partial charge in [0.1, 0.15) is 0 Å². The van der Waals surface area contributed by atoms with Crippen LogP contribution in [-0.2, 0) is 18.8 Å². The molecule has 0 aromatic rings. The molecule has 1 aliphatic rings. The minimum absolute atomic E-state index is 0.259. The third-order valence-corrected chi connectivity index (χ3v) is 5.05. The van der Waals surface area contributed by atoms with Crippen LogP contribution in [0.4, 0.5) is 0 Å². The average Bonchev–Trinajstić information content (AvgIpc) is 2.72. The summed E-state index contributed by atoms with van der Waals surface area (Å²) >= 11 is 0. The summed E-state index contributed by atoms with van der Waals surface area (Å²) in [6.07, 6.45) is 9.36. The summed E-state index contributed by atoms with van der Waals surface area (Å²) in [6, 6.07) is 0. The molecule has 0 aromatic carbocycles. The molecule has 0 bridgehead atoms. The largest absolute Gasteiger partial charge is 0.490 e. The lowest BCUT2D eigenvalue weighted by Crippen LogP contribution is -2.41. The van der Waals surface area contributed by atoms with Gasteiger partial charge >= 0.3 is 13.1 Å². The van der Waals surface area contributed by atoms with Gasteiger partial charge in [0.05, 0.1) is 17.8 Å². The van der Waals surface area contributed by atoms with Crippen LogP contribution in [0.5, 0.6) is 0 Å². The van der Waals surface area contributed by atoms with E-state index in [1.54, 1.807) is 0 Å². The molecule has 142 valence electrons. The van der Waals surface area contributed by atoms with Crippen LogP contribution in [0, 0.1) is 0 Å². The van der Waals surface area contributed by atoms with Crippen LogP contribution in [0.15, 0.2) is 23.2 Å². The van der Waals surface area contributed by atoms with Gasteiger partial charge in [-0.15, -0.1) is 0 Å². The zero-order valence-electron chi connectivity index (χ0n) is 17.1. The minimum atomic E-state index is -0.397. The van der Waals surface area contributed by atoms with Crippen molar-refractivity contribution in [3.05, 3.63) is 23.2 Å². The summed E-state index contributed by atoms with van der Waals surface area (Å²) in [7, 11) is -0.397. The van der Waals surface area contributed by atoms with E-state index in [1.807, 2.05) is 0 Å². The van der Waals surface area contributed by atoms with Gasteiger partial charge in [-0.25, -0.2) is 0 Å². The molecule has 0 N–H and O–H groups in total. The molecule has 0 unspecified atom stereocenters. The third kappa shape index (κ3) is 6.30. The molecule has 0 radical (unpaired) electrons. The van der Waals surface area contributed by atoms with E-state index in [1.165, 1.54) is 25.3 Å². The molecule has 0 aliphatic carbocycles. The molecule has 1 fully saturated rings. The van der Waals surface area contributed by atoms with Crippen molar-refractivity contribution in [2.45, 2.75) is 91.8 Å². The highest BCUT2D eigenvalue weighted by atomic mass is 16.7. The second kappa shape index (κ2) is 9.58. The van der Waals surface area contributed by atoms with Gasteiger partial charge in [-0.05, 0) is 46.0 Å². The summed E-state index contributed by atoms with van der Waals surface area (Å²) in [5.41, 5.74) is 1.53. The lowest BCUT2D eigenvalue weighted by atomic mass is 9.72. The van der Waals surface area contributed by atoms with Crippen LogP contribution in [0.3, 0.4) is 0 Å². The smallest absolute Gasteiger partial charge is 0.466 e. The topological polar surface area (TPSA) is 44.8 Å². The Hall–Kier alpha value is -1.07. The Morgan fingerprint density at radius 1 is 1.12 bits per heavy atom. The average molecular weight is 350 g/mol. The number of carbonyl (C=O) groups excluding carboxylic acids is 1. The normalized spacial score (nSPS) is 20.0. The Kier molecular flexibility index (Phi) is 8.42. The van der Waals surface area contributed by atoms with Crippen molar-refractivity contribution in [2.24, 2.45) is 0 Å². The molecule has 0 spiro atoms. The second-order valence-corrected chi connectivity index (χ2v) is 7.63. The number of unbranched alkanes of at least 4 members (excludes halogenated alkanes) is 2. The Morgan fingerprint density at radius 3 is 2.20 bits per heavy atom. The van der Waals surface area contributed by atoms with E-state index in [2.05, 4.69) is 53.7 Å². The number of hydrogen-bond donors (Lipinski definition) is 0. The van der Waals surface area contributed by atoms with E-state index in [4.69, 9.17) is 14.0 Å². The highest BCUT2D eigenvalue weighted by molar-refractivity contribution is 6.55. The molecule has 5 heteroatoms. The summed E-state index contributed by atoms with van der Waals surface area (Å²) < 4.78 is 17.6. The first-order valence-electron chi connectivity index (χ1n) is 9.52. The van der Waals surface area contributed by atoms with Crippen molar-refractivity contribution >= 4 is 13.1 Å². The first kappa shape index (κ1) is 22.0. The number of carbonyl (C=O) groups is 1. The molecule has 0 atom stereocenters. The van der Waals surface area contributed by atoms with Crippen molar-refractivity contribution in [1.82, 2.24) is 0 Å². The van der Waals surface area contributed by atoms with Crippen LogP contribution >= 0.6 is 0 Å². The standard InChI is InChI=1S/C20H35BO4/c1-8-10-11-12-13-17(9-2)18(14-15-23-16(3)22)21-24-19(4,5)20(6,7)25-21/h12-13H,8-11,14-15H2,1-7H3/b13-12+,18-17-. The molecule has 4 nitrogen and oxygen atoms in total. The van der Waals surface area contributed by atoms with Gasteiger partial charge in [-0.1, -0.05) is 44.4 Å². The maximum absolute atomic E-state index is 11.1. The lowest BCUT2D eigenvalue weighted by molar-refractivity contribution is -0.140. The number of hydrogen-bond acceptors (Lipinski definition) is 4. The fourth-order valence-electron chi connectivity index (χ4n) is 2.72. The van der Waals surface area contributed by atoms with Crippen LogP contribution in [0.25, 0.3) is 0 Å². The van der Waals surface area contributed by atoms with E-state index >= 15 is 0 Å². The molecule has 1 saturated heterocycles. The molecule has 1 aliphatic heterocycles. The van der Waals surface area contributed by atoms with E-state index in [0.29, 0.717) is 13.0 Å². The maximum atomic E-state index is 11.1. The lowest BCUT2D eigenvalue weighted by Gasteiger charge is -2.32. The molecule has 0 amide bonds. The number of ether oxygens (including phenoxy) is 1. The van der Waals surface area contributed by atoms with Gasteiger partial charge in [-0.2, -0.15) is 0 Å². The van der Waals surface area contributed by atoms with E-state index < -0.39 is 7.12 Å². The van der Waals surface area contributed by atoms with Crippen molar-refractivity contribution in [3.8, 4) is 0 Å². The Balaban J connectivity index is 3.04. The van der Waals surface area contributed by atoms with Crippen molar-refractivity contribution < 1.29 is 18.8 Å². The first-order valence-corrected chi connectivity index (χ1v) is 9.52. The van der Waals surface area contributed by atoms with Gasteiger partial charge in [0.25, 0.3) is 0 Å².